The Bertz CT molecular complexity index is 1120. The lowest BCUT2D eigenvalue weighted by atomic mass is 9.62. The van der Waals surface area contributed by atoms with E-state index in [2.05, 4.69) is 5.32 Å². The summed E-state index contributed by atoms with van der Waals surface area (Å²) in [6.07, 6.45) is -2.10. The van der Waals surface area contributed by atoms with Gasteiger partial charge >= 0.3 is 18.0 Å². The molecule has 10 nitrogen and oxygen atoms in total. The Morgan fingerprint density at radius 3 is 2.03 bits per heavy atom. The molecular weight excluding hydrogens is 478 g/mol. The van der Waals surface area contributed by atoms with Gasteiger partial charge in [-0.15, -0.1) is 0 Å². The number of alkyl carbamates (subject to hydrolysis) is 1. The minimum Gasteiger partial charge on any atom is -0.481 e. The Kier molecular flexibility index (Phi) is 6.75. The maximum absolute atomic E-state index is 13.2. The second-order valence-corrected chi connectivity index (χ2v) is 11.9. The summed E-state index contributed by atoms with van der Waals surface area (Å²) >= 11 is 0. The summed E-state index contributed by atoms with van der Waals surface area (Å²) in [5.41, 5.74) is -3.64. The average Bonchev–Trinajstić information content (AvgIpc) is 3.43. The summed E-state index contributed by atoms with van der Waals surface area (Å²) in [5.74, 6) is -5.95. The van der Waals surface area contributed by atoms with Gasteiger partial charge in [0.05, 0.1) is 16.9 Å². The first-order chi connectivity index (χ1) is 16.1. The van der Waals surface area contributed by atoms with Crippen molar-refractivity contribution in [1.29, 1.82) is 0 Å². The number of hydrogen-bond donors (Lipinski definition) is 3. The maximum atomic E-state index is 13.2. The van der Waals surface area contributed by atoms with Gasteiger partial charge in [0.1, 0.15) is 5.60 Å². The topological polar surface area (TPSA) is 156 Å². The lowest BCUT2D eigenvalue weighted by Gasteiger charge is -2.48. The SMILES string of the molecule is CCC1(CC)[C@H](OS(=O)(=O)c2ccc(C)cc2)[C@@H]2[C@@H](C(=O)O)[C@H]2[C@@]1(NC(=O)OC(C)(C)C)C(=O)O. The molecule has 0 unspecified atom stereocenters. The summed E-state index contributed by atoms with van der Waals surface area (Å²) in [6.45, 7) is 9.98. The van der Waals surface area contributed by atoms with E-state index in [0.717, 1.165) is 5.56 Å². The minimum atomic E-state index is -4.37. The first-order valence-electron chi connectivity index (χ1n) is 11.5. The van der Waals surface area contributed by atoms with E-state index < -0.39 is 68.6 Å². The summed E-state index contributed by atoms with van der Waals surface area (Å²) in [4.78, 5) is 37.7. The fraction of sp³-hybridized carbons (Fsp3) is 0.625. The molecule has 194 valence electrons. The van der Waals surface area contributed by atoms with E-state index in [1.807, 2.05) is 0 Å². The quantitative estimate of drug-likeness (QED) is 0.446. The molecule has 1 aromatic carbocycles. The van der Waals surface area contributed by atoms with Crippen LogP contribution in [0.2, 0.25) is 0 Å². The Hall–Kier alpha value is -2.66. The standard InChI is InChI=1S/C24H33NO9S/c1-7-23(8-2)18(34-35(31,32)14-11-9-13(3)10-12-14)15-16(19(26)27)17(15)24(23,20(28)29)25-21(30)33-22(4,5)6/h9-12,15-18H,7-8H2,1-6H3,(H,25,30)(H,26,27)(H,28,29)/t15-,16-,17+,18-,24-/m1/s1. The monoisotopic (exact) mass is 511 g/mol. The number of nitrogens with one attached hydrogen (secondary N) is 1. The molecule has 2 fully saturated rings. The molecule has 3 N–H and O–H groups in total. The van der Waals surface area contributed by atoms with E-state index in [-0.39, 0.29) is 17.7 Å². The zero-order chi connectivity index (χ0) is 26.6. The highest BCUT2D eigenvalue weighted by molar-refractivity contribution is 7.86. The number of rotatable bonds is 8. The fourth-order valence-corrected chi connectivity index (χ4v) is 7.02. The first-order valence-corrected chi connectivity index (χ1v) is 13.0. The third-order valence-electron chi connectivity index (χ3n) is 7.38. The maximum Gasteiger partial charge on any atom is 0.408 e. The molecule has 2 aliphatic carbocycles. The molecule has 11 heteroatoms. The molecule has 0 heterocycles. The van der Waals surface area contributed by atoms with Gasteiger partial charge in [-0.25, -0.2) is 9.59 Å². The van der Waals surface area contributed by atoms with Crippen molar-refractivity contribution in [3.8, 4) is 0 Å². The number of benzene rings is 1. The predicted molar refractivity (Wildman–Crippen MR) is 124 cm³/mol. The Labute approximate surface area is 205 Å². The number of carbonyl (C=O) groups excluding carboxylic acids is 1. The summed E-state index contributed by atoms with van der Waals surface area (Å²) in [5, 5.41) is 22.8. The second kappa shape index (κ2) is 8.77. The lowest BCUT2D eigenvalue weighted by Crippen LogP contribution is -2.68. The molecule has 3 rings (SSSR count). The average molecular weight is 512 g/mol. The van der Waals surface area contributed by atoms with Crippen molar-refractivity contribution in [2.45, 2.75) is 76.5 Å². The number of carbonyl (C=O) groups is 3. The molecule has 0 aromatic heterocycles. The number of aryl methyl sites for hydroxylation is 1. The van der Waals surface area contributed by atoms with Gasteiger partial charge in [0.15, 0.2) is 5.54 Å². The van der Waals surface area contributed by atoms with Crippen LogP contribution in [0.1, 0.15) is 53.0 Å². The molecule has 1 aromatic rings. The van der Waals surface area contributed by atoms with E-state index in [1.165, 1.54) is 12.1 Å². The van der Waals surface area contributed by atoms with Crippen molar-refractivity contribution in [2.24, 2.45) is 23.2 Å². The molecule has 5 atom stereocenters. The third-order valence-corrected chi connectivity index (χ3v) is 8.69. The first kappa shape index (κ1) is 26.9. The molecule has 0 aliphatic heterocycles. The number of hydrogen-bond acceptors (Lipinski definition) is 7. The smallest absolute Gasteiger partial charge is 0.408 e. The molecule has 1 amide bonds. The van der Waals surface area contributed by atoms with Gasteiger partial charge in [0, 0.05) is 17.3 Å². The van der Waals surface area contributed by atoms with Crippen molar-refractivity contribution in [3.05, 3.63) is 29.8 Å². The number of carboxylic acids is 2. The summed E-state index contributed by atoms with van der Waals surface area (Å²) in [7, 11) is -4.37. The van der Waals surface area contributed by atoms with Crippen LogP contribution >= 0.6 is 0 Å². The van der Waals surface area contributed by atoms with Crippen LogP contribution in [0, 0.1) is 30.1 Å². The van der Waals surface area contributed by atoms with Crippen LogP contribution in [0.5, 0.6) is 0 Å². The molecule has 0 spiro atoms. The number of fused-ring (bicyclic) bond motifs is 1. The van der Waals surface area contributed by atoms with E-state index in [4.69, 9.17) is 8.92 Å². The molecule has 2 aliphatic rings. The zero-order valence-corrected chi connectivity index (χ0v) is 21.5. The lowest BCUT2D eigenvalue weighted by molar-refractivity contribution is -0.158. The van der Waals surface area contributed by atoms with Crippen molar-refractivity contribution < 1.29 is 41.9 Å². The van der Waals surface area contributed by atoms with Gasteiger partial charge in [-0.2, -0.15) is 8.42 Å². The number of amides is 1. The van der Waals surface area contributed by atoms with Crippen molar-refractivity contribution in [3.63, 3.8) is 0 Å². The van der Waals surface area contributed by atoms with Crippen LogP contribution in [0.3, 0.4) is 0 Å². The minimum absolute atomic E-state index is 0.110. The normalized spacial score (nSPS) is 29.2. The van der Waals surface area contributed by atoms with E-state index in [0.29, 0.717) is 0 Å². The Balaban J connectivity index is 2.14. The fourth-order valence-electron chi connectivity index (χ4n) is 5.86. The van der Waals surface area contributed by atoms with E-state index >= 15 is 0 Å². The van der Waals surface area contributed by atoms with Gasteiger partial charge in [-0.05, 0) is 52.7 Å². The number of aliphatic carboxylic acids is 2. The van der Waals surface area contributed by atoms with Crippen LogP contribution in [0.25, 0.3) is 0 Å². The molecule has 35 heavy (non-hydrogen) atoms. The van der Waals surface area contributed by atoms with E-state index in [9.17, 15) is 33.0 Å². The van der Waals surface area contributed by atoms with Gasteiger partial charge in [-0.3, -0.25) is 8.98 Å². The van der Waals surface area contributed by atoms with Crippen molar-refractivity contribution in [1.82, 2.24) is 5.32 Å². The van der Waals surface area contributed by atoms with Gasteiger partial charge in [0.2, 0.25) is 0 Å². The Morgan fingerprint density at radius 2 is 1.60 bits per heavy atom. The third kappa shape index (κ3) is 4.29. The second-order valence-electron chi connectivity index (χ2n) is 10.4. The van der Waals surface area contributed by atoms with Gasteiger partial charge in [0.25, 0.3) is 10.1 Å². The molecule has 2 saturated carbocycles. The zero-order valence-electron chi connectivity index (χ0n) is 20.7. The number of ether oxygens (including phenoxy) is 1. The molecule has 0 bridgehead atoms. The van der Waals surface area contributed by atoms with Crippen LogP contribution in [0.15, 0.2) is 29.2 Å². The molecular formula is C24H33NO9S. The predicted octanol–water partition coefficient (Wildman–Crippen LogP) is 3.18. The van der Waals surface area contributed by atoms with Crippen LogP contribution in [-0.2, 0) is 28.6 Å². The highest BCUT2D eigenvalue weighted by atomic mass is 32.2. The van der Waals surface area contributed by atoms with Crippen LogP contribution in [-0.4, -0.2) is 53.9 Å². The molecule has 0 radical (unpaired) electrons. The highest BCUT2D eigenvalue weighted by Gasteiger charge is 2.85. The highest BCUT2D eigenvalue weighted by Crippen LogP contribution is 2.72. The summed E-state index contributed by atoms with van der Waals surface area (Å²) in [6, 6.07) is 5.95. The van der Waals surface area contributed by atoms with Crippen LogP contribution < -0.4 is 5.32 Å². The van der Waals surface area contributed by atoms with Crippen molar-refractivity contribution in [2.75, 3.05) is 0 Å². The summed E-state index contributed by atoms with van der Waals surface area (Å²) < 4.78 is 37.5. The van der Waals surface area contributed by atoms with E-state index in [1.54, 1.807) is 53.7 Å². The van der Waals surface area contributed by atoms with Crippen LogP contribution in [0.4, 0.5) is 4.79 Å². The Morgan fingerprint density at radius 1 is 1.06 bits per heavy atom. The molecule has 0 saturated heterocycles. The van der Waals surface area contributed by atoms with Gasteiger partial charge in [-0.1, -0.05) is 31.5 Å². The largest absolute Gasteiger partial charge is 0.481 e. The van der Waals surface area contributed by atoms with Gasteiger partial charge < -0.3 is 20.3 Å². The van der Waals surface area contributed by atoms with Crippen molar-refractivity contribution >= 4 is 28.1 Å². The number of carboxylic acid groups (broad SMARTS) is 2.